The van der Waals surface area contributed by atoms with Gasteiger partial charge in [-0.25, -0.2) is 4.79 Å². The van der Waals surface area contributed by atoms with E-state index >= 15 is 0 Å². The van der Waals surface area contributed by atoms with Gasteiger partial charge < -0.3 is 19.9 Å². The van der Waals surface area contributed by atoms with Crippen molar-refractivity contribution in [3.05, 3.63) is 18.2 Å². The number of carbonyl (C=O) groups is 2. The number of rotatable bonds is 3. The number of aliphatic carboxylic acids is 1. The zero-order valence-electron chi connectivity index (χ0n) is 8.81. The molecular weight excluding hydrogens is 214 g/mol. The molecule has 0 spiro atoms. The molecule has 6 nitrogen and oxygen atoms in total. The highest BCUT2D eigenvalue weighted by atomic mass is 16.5. The van der Waals surface area contributed by atoms with Gasteiger partial charge in [0, 0.05) is 23.9 Å². The average Bonchev–Trinajstić information content (AvgIpc) is 2.28. The van der Waals surface area contributed by atoms with Crippen molar-refractivity contribution in [1.29, 1.82) is 0 Å². The Morgan fingerprint density at radius 1 is 1.12 bits per heavy atom. The second-order valence-corrected chi connectivity index (χ2v) is 2.86. The van der Waals surface area contributed by atoms with E-state index in [0.29, 0.717) is 17.2 Å². The molecule has 1 aromatic rings. The number of carbonyl (C=O) groups excluding carboxylic acids is 1. The van der Waals surface area contributed by atoms with Crippen molar-refractivity contribution in [2.24, 2.45) is 0 Å². The molecule has 0 heterocycles. The molecule has 16 heavy (non-hydrogen) atoms. The van der Waals surface area contributed by atoms with E-state index in [2.05, 4.69) is 5.32 Å². The third kappa shape index (κ3) is 2.88. The van der Waals surface area contributed by atoms with Gasteiger partial charge in [-0.2, -0.15) is 0 Å². The lowest BCUT2D eigenvalue weighted by Crippen LogP contribution is -2.21. The highest BCUT2D eigenvalue weighted by Crippen LogP contribution is 2.25. The Kier molecular flexibility index (Phi) is 3.71. The number of methoxy groups -OCH3 is 2. The molecule has 1 amide bonds. The molecule has 0 radical (unpaired) electrons. The molecule has 0 aromatic heterocycles. The quantitative estimate of drug-likeness (QED) is 0.740. The predicted molar refractivity (Wildman–Crippen MR) is 55.8 cm³/mol. The molecule has 0 atom stereocenters. The number of carboxylic acids is 1. The summed E-state index contributed by atoms with van der Waals surface area (Å²) in [5.41, 5.74) is 0.295. The van der Waals surface area contributed by atoms with Crippen LogP contribution in [0.5, 0.6) is 11.5 Å². The van der Waals surface area contributed by atoms with Crippen LogP contribution in [0.2, 0.25) is 0 Å². The summed E-state index contributed by atoms with van der Waals surface area (Å²) in [6, 6.07) is 4.59. The van der Waals surface area contributed by atoms with Gasteiger partial charge in [-0.05, 0) is 0 Å². The van der Waals surface area contributed by atoms with Gasteiger partial charge in [0.15, 0.2) is 0 Å². The van der Waals surface area contributed by atoms with E-state index in [1.807, 2.05) is 0 Å². The zero-order chi connectivity index (χ0) is 12.1. The van der Waals surface area contributed by atoms with E-state index in [0.717, 1.165) is 0 Å². The molecule has 0 aliphatic heterocycles. The van der Waals surface area contributed by atoms with E-state index in [1.54, 1.807) is 6.07 Å². The molecule has 0 unspecified atom stereocenters. The van der Waals surface area contributed by atoms with Crippen LogP contribution in [0.25, 0.3) is 0 Å². The Bertz CT molecular complexity index is 393. The molecule has 1 rings (SSSR count). The fourth-order valence-electron chi connectivity index (χ4n) is 1.06. The van der Waals surface area contributed by atoms with Gasteiger partial charge in [0.1, 0.15) is 11.5 Å². The lowest BCUT2D eigenvalue weighted by Gasteiger charge is -2.08. The number of amides is 1. The first-order chi connectivity index (χ1) is 7.56. The zero-order valence-corrected chi connectivity index (χ0v) is 8.81. The van der Waals surface area contributed by atoms with Crippen LogP contribution in [0, 0.1) is 0 Å². The topological polar surface area (TPSA) is 84.9 Å². The number of hydrogen-bond acceptors (Lipinski definition) is 4. The number of ether oxygens (including phenoxy) is 2. The minimum absolute atomic E-state index is 0.295. The number of nitrogens with one attached hydrogen (secondary N) is 1. The van der Waals surface area contributed by atoms with Crippen molar-refractivity contribution >= 4 is 17.6 Å². The average molecular weight is 225 g/mol. The first kappa shape index (κ1) is 11.8. The second-order valence-electron chi connectivity index (χ2n) is 2.86. The summed E-state index contributed by atoms with van der Waals surface area (Å²) in [7, 11) is 2.91. The Balaban J connectivity index is 2.95. The monoisotopic (exact) mass is 225 g/mol. The molecule has 0 fully saturated rings. The van der Waals surface area contributed by atoms with Crippen LogP contribution in [0.1, 0.15) is 0 Å². The summed E-state index contributed by atoms with van der Waals surface area (Å²) in [5, 5.41) is 10.6. The van der Waals surface area contributed by atoms with Crippen molar-refractivity contribution in [3.63, 3.8) is 0 Å². The maximum Gasteiger partial charge on any atom is 0.394 e. The van der Waals surface area contributed by atoms with Crippen LogP contribution in [-0.4, -0.2) is 31.2 Å². The summed E-state index contributed by atoms with van der Waals surface area (Å²) in [5.74, 6) is -1.75. The third-order valence-electron chi connectivity index (χ3n) is 1.80. The molecule has 2 N–H and O–H groups in total. The highest BCUT2D eigenvalue weighted by Gasteiger charge is 2.12. The second kappa shape index (κ2) is 5.01. The van der Waals surface area contributed by atoms with Gasteiger partial charge in [0.25, 0.3) is 0 Å². The number of anilines is 1. The van der Waals surface area contributed by atoms with E-state index < -0.39 is 11.9 Å². The van der Waals surface area contributed by atoms with Crippen LogP contribution < -0.4 is 14.8 Å². The normalized spacial score (nSPS) is 9.38. The van der Waals surface area contributed by atoms with Crippen LogP contribution in [0.4, 0.5) is 5.69 Å². The largest absolute Gasteiger partial charge is 0.497 e. The van der Waals surface area contributed by atoms with Gasteiger partial charge >= 0.3 is 11.9 Å². The van der Waals surface area contributed by atoms with Crippen molar-refractivity contribution < 1.29 is 24.2 Å². The van der Waals surface area contributed by atoms with Crippen molar-refractivity contribution in [1.82, 2.24) is 0 Å². The van der Waals surface area contributed by atoms with Gasteiger partial charge in [-0.3, -0.25) is 4.79 Å². The van der Waals surface area contributed by atoms with Gasteiger partial charge in [0.05, 0.1) is 14.2 Å². The van der Waals surface area contributed by atoms with Gasteiger partial charge in [-0.1, -0.05) is 0 Å². The van der Waals surface area contributed by atoms with Crippen LogP contribution in [-0.2, 0) is 9.59 Å². The van der Waals surface area contributed by atoms with Crippen molar-refractivity contribution in [3.8, 4) is 11.5 Å². The summed E-state index contributed by atoms with van der Waals surface area (Å²) < 4.78 is 9.92. The fourth-order valence-corrected chi connectivity index (χ4v) is 1.06. The fraction of sp³-hybridized carbons (Fsp3) is 0.200. The number of hydrogen-bond donors (Lipinski definition) is 2. The molecular formula is C10H11NO5. The molecule has 0 saturated carbocycles. The lowest BCUT2D eigenvalue weighted by molar-refractivity contribution is -0.147. The highest BCUT2D eigenvalue weighted by molar-refractivity contribution is 6.36. The Hall–Kier alpha value is -2.24. The summed E-state index contributed by atoms with van der Waals surface area (Å²) in [4.78, 5) is 21.3. The minimum atomic E-state index is -1.55. The van der Waals surface area contributed by atoms with E-state index in [-0.39, 0.29) is 0 Å². The summed E-state index contributed by atoms with van der Waals surface area (Å²) in [6.45, 7) is 0. The molecule has 86 valence electrons. The molecule has 0 bridgehead atoms. The summed E-state index contributed by atoms with van der Waals surface area (Å²) >= 11 is 0. The molecule has 0 aliphatic carbocycles. The van der Waals surface area contributed by atoms with Crippen LogP contribution in [0.3, 0.4) is 0 Å². The third-order valence-corrected chi connectivity index (χ3v) is 1.80. The van der Waals surface area contributed by atoms with Crippen LogP contribution >= 0.6 is 0 Å². The van der Waals surface area contributed by atoms with Gasteiger partial charge in [-0.15, -0.1) is 0 Å². The van der Waals surface area contributed by atoms with Crippen molar-refractivity contribution in [2.45, 2.75) is 0 Å². The van der Waals surface area contributed by atoms with Gasteiger partial charge in [0.2, 0.25) is 0 Å². The maximum absolute atomic E-state index is 10.9. The maximum atomic E-state index is 10.9. The standard InChI is InChI=1S/C10H11NO5/c1-15-7-3-6(4-8(5-7)16-2)11-9(12)10(13)14/h3-5H,1-2H3,(H,11,12)(H,13,14). The lowest BCUT2D eigenvalue weighted by atomic mass is 10.2. The van der Waals surface area contributed by atoms with Crippen LogP contribution in [0.15, 0.2) is 18.2 Å². The minimum Gasteiger partial charge on any atom is -0.497 e. The first-order valence-electron chi connectivity index (χ1n) is 4.34. The van der Waals surface area contributed by atoms with E-state index in [4.69, 9.17) is 14.6 Å². The molecule has 0 saturated heterocycles. The Morgan fingerprint density at radius 2 is 1.62 bits per heavy atom. The molecule has 1 aromatic carbocycles. The SMILES string of the molecule is COc1cc(NC(=O)C(=O)O)cc(OC)c1. The number of carboxylic acid groups (broad SMARTS) is 1. The van der Waals surface area contributed by atoms with Crippen molar-refractivity contribution in [2.75, 3.05) is 19.5 Å². The number of benzene rings is 1. The smallest absolute Gasteiger partial charge is 0.394 e. The molecule has 6 heteroatoms. The first-order valence-corrected chi connectivity index (χ1v) is 4.34. The Labute approximate surface area is 91.8 Å². The van der Waals surface area contributed by atoms with E-state index in [1.165, 1.54) is 26.4 Å². The Morgan fingerprint density at radius 3 is 2.00 bits per heavy atom. The molecule has 0 aliphatic rings. The predicted octanol–water partition coefficient (Wildman–Crippen LogP) is 0.727. The van der Waals surface area contributed by atoms with E-state index in [9.17, 15) is 9.59 Å². The summed E-state index contributed by atoms with van der Waals surface area (Å²) in [6.07, 6.45) is 0.